The van der Waals surface area contributed by atoms with Crippen LogP contribution < -0.4 is 5.32 Å². The van der Waals surface area contributed by atoms with Crippen LogP contribution in [0.5, 0.6) is 0 Å². The maximum atomic E-state index is 11.6. The number of nitrogens with zero attached hydrogens (tertiary/aromatic N) is 1. The zero-order valence-electron chi connectivity index (χ0n) is 11.2. The molecule has 1 fully saturated rings. The molecular weight excluding hydrogens is 200 g/mol. The minimum atomic E-state index is 0.130. The van der Waals surface area contributed by atoms with Crippen LogP contribution in [-0.2, 0) is 4.79 Å². The number of hydrogen-bond acceptors (Lipinski definition) is 2. The Morgan fingerprint density at radius 2 is 2.12 bits per heavy atom. The fourth-order valence-corrected chi connectivity index (χ4v) is 2.37. The van der Waals surface area contributed by atoms with Crippen molar-refractivity contribution in [2.75, 3.05) is 20.1 Å². The van der Waals surface area contributed by atoms with Crippen LogP contribution in [0.4, 0.5) is 0 Å². The molecule has 0 aromatic carbocycles. The van der Waals surface area contributed by atoms with Gasteiger partial charge in [0, 0.05) is 7.05 Å². The molecule has 1 aliphatic rings. The summed E-state index contributed by atoms with van der Waals surface area (Å²) in [6.45, 7) is 8.96. The second-order valence-corrected chi connectivity index (χ2v) is 5.97. The summed E-state index contributed by atoms with van der Waals surface area (Å²) in [5, 5.41) is 2.76. The third-order valence-corrected chi connectivity index (χ3v) is 3.28. The molecule has 1 rings (SSSR count). The summed E-state index contributed by atoms with van der Waals surface area (Å²) in [6.07, 6.45) is 4.60. The van der Waals surface area contributed by atoms with Crippen LogP contribution in [0.1, 0.15) is 46.5 Å². The highest BCUT2D eigenvalue weighted by Crippen LogP contribution is 2.23. The van der Waals surface area contributed by atoms with Gasteiger partial charge in [0.15, 0.2) is 0 Å². The molecule has 1 N–H and O–H groups in total. The predicted octanol–water partition coefficient (Wildman–Crippen LogP) is 2.02. The van der Waals surface area contributed by atoms with E-state index in [-0.39, 0.29) is 11.9 Å². The lowest BCUT2D eigenvalue weighted by Gasteiger charge is -2.25. The number of carbonyl (C=O) groups excluding carboxylic acids is 1. The molecule has 1 heterocycles. The largest absolute Gasteiger partial charge is 0.358 e. The second kappa shape index (κ2) is 5.67. The van der Waals surface area contributed by atoms with Crippen LogP contribution in [0.3, 0.4) is 0 Å². The molecule has 0 aliphatic carbocycles. The van der Waals surface area contributed by atoms with Gasteiger partial charge in [0.2, 0.25) is 5.91 Å². The number of carbonyl (C=O) groups is 1. The van der Waals surface area contributed by atoms with Crippen molar-refractivity contribution in [1.82, 2.24) is 10.2 Å². The predicted molar refractivity (Wildman–Crippen MR) is 67.4 cm³/mol. The lowest BCUT2D eigenvalue weighted by Crippen LogP contribution is -2.42. The molecule has 1 saturated heterocycles. The Morgan fingerprint density at radius 1 is 1.44 bits per heavy atom. The number of nitrogens with one attached hydrogen (secondary N) is 1. The molecule has 3 nitrogen and oxygen atoms in total. The first-order valence-electron chi connectivity index (χ1n) is 6.40. The van der Waals surface area contributed by atoms with Crippen LogP contribution in [0, 0.1) is 5.41 Å². The van der Waals surface area contributed by atoms with Crippen molar-refractivity contribution in [3.05, 3.63) is 0 Å². The van der Waals surface area contributed by atoms with Gasteiger partial charge in [-0.15, -0.1) is 0 Å². The molecule has 1 amide bonds. The molecule has 0 bridgehead atoms. The van der Waals surface area contributed by atoms with Gasteiger partial charge < -0.3 is 5.32 Å². The van der Waals surface area contributed by atoms with Crippen LogP contribution in [0.25, 0.3) is 0 Å². The summed E-state index contributed by atoms with van der Waals surface area (Å²) in [4.78, 5) is 14.0. The average molecular weight is 226 g/mol. The fourth-order valence-electron chi connectivity index (χ4n) is 2.37. The van der Waals surface area contributed by atoms with Gasteiger partial charge in [0.1, 0.15) is 0 Å². The quantitative estimate of drug-likeness (QED) is 0.795. The minimum Gasteiger partial charge on any atom is -0.358 e. The van der Waals surface area contributed by atoms with Gasteiger partial charge in [-0.1, -0.05) is 20.8 Å². The summed E-state index contributed by atoms with van der Waals surface area (Å²) in [5.74, 6) is 0.188. The highest BCUT2D eigenvalue weighted by Gasteiger charge is 2.29. The van der Waals surface area contributed by atoms with E-state index in [1.165, 1.54) is 12.8 Å². The van der Waals surface area contributed by atoms with Gasteiger partial charge in [0.25, 0.3) is 0 Å². The van der Waals surface area contributed by atoms with Crippen molar-refractivity contribution in [2.45, 2.75) is 52.5 Å². The molecule has 1 aliphatic heterocycles. The number of amides is 1. The maximum Gasteiger partial charge on any atom is 0.237 e. The van der Waals surface area contributed by atoms with Crippen molar-refractivity contribution >= 4 is 5.91 Å². The first-order chi connectivity index (χ1) is 7.44. The Balaban J connectivity index is 2.33. The number of likely N-dealkylation sites (tertiary alicyclic amines) is 1. The molecule has 0 saturated carbocycles. The SMILES string of the molecule is CNC(=O)C1CCCN1CCCC(C)(C)C. The fraction of sp³-hybridized carbons (Fsp3) is 0.923. The van der Waals surface area contributed by atoms with Gasteiger partial charge in [-0.25, -0.2) is 0 Å². The second-order valence-electron chi connectivity index (χ2n) is 5.97. The van der Waals surface area contributed by atoms with Gasteiger partial charge in [-0.3, -0.25) is 9.69 Å². The summed E-state index contributed by atoms with van der Waals surface area (Å²) in [5.41, 5.74) is 0.405. The van der Waals surface area contributed by atoms with Crippen molar-refractivity contribution in [2.24, 2.45) is 5.41 Å². The van der Waals surface area contributed by atoms with E-state index in [1.54, 1.807) is 7.05 Å². The smallest absolute Gasteiger partial charge is 0.237 e. The third-order valence-electron chi connectivity index (χ3n) is 3.28. The zero-order chi connectivity index (χ0) is 12.2. The van der Waals surface area contributed by atoms with Crippen LogP contribution >= 0.6 is 0 Å². The van der Waals surface area contributed by atoms with E-state index in [2.05, 4.69) is 31.0 Å². The van der Waals surface area contributed by atoms with E-state index in [4.69, 9.17) is 0 Å². The molecule has 1 unspecified atom stereocenters. The van der Waals surface area contributed by atoms with Crippen molar-refractivity contribution in [3.8, 4) is 0 Å². The standard InChI is InChI=1S/C13H26N2O/c1-13(2,3)8-6-10-15-9-5-7-11(15)12(16)14-4/h11H,5-10H2,1-4H3,(H,14,16). The Kier molecular flexibility index (Phi) is 4.78. The van der Waals surface area contributed by atoms with Crippen LogP contribution in [0.15, 0.2) is 0 Å². The molecule has 94 valence electrons. The monoisotopic (exact) mass is 226 g/mol. The van der Waals surface area contributed by atoms with Crippen LogP contribution in [0.2, 0.25) is 0 Å². The zero-order valence-corrected chi connectivity index (χ0v) is 11.2. The Hall–Kier alpha value is -0.570. The maximum absolute atomic E-state index is 11.6. The lowest BCUT2D eigenvalue weighted by atomic mass is 9.90. The highest BCUT2D eigenvalue weighted by molar-refractivity contribution is 5.81. The number of hydrogen-bond donors (Lipinski definition) is 1. The van der Waals surface area contributed by atoms with E-state index in [0.717, 1.165) is 25.9 Å². The first kappa shape index (κ1) is 13.5. The van der Waals surface area contributed by atoms with Gasteiger partial charge >= 0.3 is 0 Å². The third kappa shape index (κ3) is 4.12. The topological polar surface area (TPSA) is 32.3 Å². The Labute approximate surface area is 99.6 Å². The Morgan fingerprint density at radius 3 is 2.69 bits per heavy atom. The van der Waals surface area contributed by atoms with E-state index >= 15 is 0 Å². The van der Waals surface area contributed by atoms with Crippen LogP contribution in [-0.4, -0.2) is 37.0 Å². The van der Waals surface area contributed by atoms with Gasteiger partial charge in [-0.2, -0.15) is 0 Å². The first-order valence-corrected chi connectivity index (χ1v) is 6.40. The van der Waals surface area contributed by atoms with Gasteiger partial charge in [-0.05, 0) is 44.2 Å². The van der Waals surface area contributed by atoms with E-state index < -0.39 is 0 Å². The molecule has 0 radical (unpaired) electrons. The minimum absolute atomic E-state index is 0.130. The summed E-state index contributed by atoms with van der Waals surface area (Å²) >= 11 is 0. The summed E-state index contributed by atoms with van der Waals surface area (Å²) in [6, 6.07) is 0.130. The summed E-state index contributed by atoms with van der Waals surface area (Å²) in [7, 11) is 1.73. The average Bonchev–Trinajstić information content (AvgIpc) is 2.63. The van der Waals surface area contributed by atoms with E-state index in [1.807, 2.05) is 0 Å². The normalized spacial score (nSPS) is 22.4. The van der Waals surface area contributed by atoms with Crippen molar-refractivity contribution in [1.29, 1.82) is 0 Å². The highest BCUT2D eigenvalue weighted by atomic mass is 16.2. The number of likely N-dealkylation sites (N-methyl/N-ethyl adjacent to an activating group) is 1. The molecule has 16 heavy (non-hydrogen) atoms. The number of rotatable bonds is 4. The van der Waals surface area contributed by atoms with Gasteiger partial charge in [0.05, 0.1) is 6.04 Å². The molecule has 3 heteroatoms. The molecule has 0 aromatic heterocycles. The molecule has 0 spiro atoms. The van der Waals surface area contributed by atoms with E-state index in [0.29, 0.717) is 5.41 Å². The summed E-state index contributed by atoms with van der Waals surface area (Å²) < 4.78 is 0. The molecule has 1 atom stereocenters. The molecule has 0 aromatic rings. The van der Waals surface area contributed by atoms with Crippen molar-refractivity contribution in [3.63, 3.8) is 0 Å². The molecular formula is C13H26N2O. The van der Waals surface area contributed by atoms with E-state index in [9.17, 15) is 4.79 Å². The lowest BCUT2D eigenvalue weighted by molar-refractivity contribution is -0.125. The Bertz CT molecular complexity index is 233. The van der Waals surface area contributed by atoms with Crippen molar-refractivity contribution < 1.29 is 4.79 Å².